The Morgan fingerprint density at radius 3 is 2.69 bits per heavy atom. The van der Waals surface area contributed by atoms with Crippen molar-refractivity contribution in [3.63, 3.8) is 0 Å². The molecule has 1 aromatic rings. The van der Waals surface area contributed by atoms with Crippen LogP contribution in [0.1, 0.15) is 18.4 Å². The van der Waals surface area contributed by atoms with E-state index in [0.717, 1.165) is 22.9 Å². The number of rotatable bonds is 4. The molecule has 0 spiro atoms. The van der Waals surface area contributed by atoms with Crippen LogP contribution in [0.15, 0.2) is 22.7 Å². The highest BCUT2D eigenvalue weighted by Crippen LogP contribution is 2.16. The van der Waals surface area contributed by atoms with Crippen LogP contribution in [0, 0.1) is 5.82 Å². The van der Waals surface area contributed by atoms with Crippen LogP contribution >= 0.6 is 15.9 Å². The van der Waals surface area contributed by atoms with E-state index in [1.54, 1.807) is 6.07 Å². The third-order valence-electron chi connectivity index (χ3n) is 1.87. The van der Waals surface area contributed by atoms with E-state index in [1.807, 2.05) is 6.07 Å². The number of halogens is 2. The van der Waals surface area contributed by atoms with Crippen LogP contribution in [-0.4, -0.2) is 11.7 Å². The summed E-state index contributed by atoms with van der Waals surface area (Å²) in [6.07, 6.45) is 2.25. The highest BCUT2D eigenvalue weighted by atomic mass is 79.9. The van der Waals surface area contributed by atoms with Gasteiger partial charge in [-0.05, 0) is 37.0 Å². The zero-order chi connectivity index (χ0) is 9.68. The summed E-state index contributed by atoms with van der Waals surface area (Å²) in [4.78, 5) is 0. The minimum atomic E-state index is -0.174. The van der Waals surface area contributed by atoms with Gasteiger partial charge in [0, 0.05) is 11.1 Å². The van der Waals surface area contributed by atoms with E-state index in [-0.39, 0.29) is 12.4 Å². The van der Waals surface area contributed by atoms with E-state index < -0.39 is 0 Å². The molecule has 1 aromatic carbocycles. The average Bonchev–Trinajstić information content (AvgIpc) is 2.09. The molecular weight excluding hydrogens is 235 g/mol. The van der Waals surface area contributed by atoms with Crippen LogP contribution < -0.4 is 0 Å². The molecule has 0 aliphatic carbocycles. The molecule has 1 nitrogen and oxygen atoms in total. The molecule has 0 amide bonds. The number of benzene rings is 1. The van der Waals surface area contributed by atoms with Crippen LogP contribution in [0.5, 0.6) is 0 Å². The molecule has 0 bridgehead atoms. The summed E-state index contributed by atoms with van der Waals surface area (Å²) in [6, 6.07) is 5.07. The fourth-order valence-corrected chi connectivity index (χ4v) is 1.48. The van der Waals surface area contributed by atoms with Gasteiger partial charge in [0.25, 0.3) is 0 Å². The van der Waals surface area contributed by atoms with Crippen molar-refractivity contribution in [1.29, 1.82) is 0 Å². The lowest BCUT2D eigenvalue weighted by Gasteiger charge is -2.02. The van der Waals surface area contributed by atoms with Crippen LogP contribution in [-0.2, 0) is 6.42 Å². The second-order valence-electron chi connectivity index (χ2n) is 2.92. The third-order valence-corrected chi connectivity index (χ3v) is 2.36. The van der Waals surface area contributed by atoms with E-state index in [1.165, 1.54) is 6.07 Å². The van der Waals surface area contributed by atoms with E-state index in [9.17, 15) is 4.39 Å². The molecule has 0 aliphatic heterocycles. The number of unbranched alkanes of at least 4 members (excludes halogenated alkanes) is 1. The van der Waals surface area contributed by atoms with Crippen molar-refractivity contribution >= 4 is 15.9 Å². The number of aliphatic hydroxyl groups is 1. The summed E-state index contributed by atoms with van der Waals surface area (Å²) >= 11 is 3.20. The topological polar surface area (TPSA) is 20.2 Å². The maximum Gasteiger partial charge on any atom is 0.127 e. The maximum atomic E-state index is 13.2. The minimum Gasteiger partial charge on any atom is -0.396 e. The number of aryl methyl sites for hydroxylation is 1. The molecule has 3 heteroatoms. The first kappa shape index (κ1) is 10.7. The smallest absolute Gasteiger partial charge is 0.127 e. The normalized spacial score (nSPS) is 10.4. The molecule has 0 saturated heterocycles. The Hall–Kier alpha value is -0.410. The molecule has 1 rings (SSSR count). The van der Waals surface area contributed by atoms with Crippen LogP contribution in [0.2, 0.25) is 0 Å². The monoisotopic (exact) mass is 246 g/mol. The Morgan fingerprint density at radius 2 is 2.08 bits per heavy atom. The van der Waals surface area contributed by atoms with Crippen molar-refractivity contribution < 1.29 is 9.50 Å². The average molecular weight is 247 g/mol. The fourth-order valence-electron chi connectivity index (χ4n) is 1.15. The fraction of sp³-hybridized carbons (Fsp3) is 0.400. The summed E-state index contributed by atoms with van der Waals surface area (Å²) in [5.74, 6) is -0.174. The Kier molecular flexibility index (Phi) is 4.39. The van der Waals surface area contributed by atoms with E-state index in [2.05, 4.69) is 15.9 Å². The summed E-state index contributed by atoms with van der Waals surface area (Å²) in [5, 5.41) is 8.56. The standard InChI is InChI=1S/C10H12BrFO/c11-9-5-4-8(10(12)7-9)3-1-2-6-13/h4-5,7,13H,1-3,6H2. The molecule has 0 saturated carbocycles. The molecule has 0 aromatic heterocycles. The zero-order valence-electron chi connectivity index (χ0n) is 7.26. The maximum absolute atomic E-state index is 13.2. The Labute approximate surface area is 85.7 Å². The van der Waals surface area contributed by atoms with Gasteiger partial charge in [-0.2, -0.15) is 0 Å². The van der Waals surface area contributed by atoms with Gasteiger partial charge in [0.1, 0.15) is 5.82 Å². The lowest BCUT2D eigenvalue weighted by Crippen LogP contribution is -1.92. The summed E-state index contributed by atoms with van der Waals surface area (Å²) in [7, 11) is 0. The van der Waals surface area contributed by atoms with Gasteiger partial charge in [0.15, 0.2) is 0 Å². The Bertz CT molecular complexity index is 276. The van der Waals surface area contributed by atoms with Gasteiger partial charge in [-0.15, -0.1) is 0 Å². The van der Waals surface area contributed by atoms with Gasteiger partial charge in [-0.25, -0.2) is 4.39 Å². The highest BCUT2D eigenvalue weighted by molar-refractivity contribution is 9.10. The van der Waals surface area contributed by atoms with Gasteiger partial charge in [-0.3, -0.25) is 0 Å². The molecule has 13 heavy (non-hydrogen) atoms. The molecule has 0 unspecified atom stereocenters. The summed E-state index contributed by atoms with van der Waals surface area (Å²) in [5.41, 5.74) is 0.719. The molecule has 1 N–H and O–H groups in total. The number of hydrogen-bond donors (Lipinski definition) is 1. The Balaban J connectivity index is 2.56. The van der Waals surface area contributed by atoms with Gasteiger partial charge < -0.3 is 5.11 Å². The van der Waals surface area contributed by atoms with Crippen molar-refractivity contribution in [2.24, 2.45) is 0 Å². The van der Waals surface area contributed by atoms with Gasteiger partial charge >= 0.3 is 0 Å². The molecule has 0 atom stereocenters. The largest absolute Gasteiger partial charge is 0.396 e. The lowest BCUT2D eigenvalue weighted by atomic mass is 10.1. The van der Waals surface area contributed by atoms with Crippen LogP contribution in [0.4, 0.5) is 4.39 Å². The Morgan fingerprint density at radius 1 is 1.31 bits per heavy atom. The number of hydrogen-bond acceptors (Lipinski definition) is 1. The second-order valence-corrected chi connectivity index (χ2v) is 3.83. The third kappa shape index (κ3) is 3.44. The summed E-state index contributed by atoms with van der Waals surface area (Å²) in [6.45, 7) is 0.179. The molecule has 0 heterocycles. The first-order valence-corrected chi connectivity index (χ1v) is 5.08. The predicted molar refractivity (Wildman–Crippen MR) is 54.1 cm³/mol. The first-order valence-electron chi connectivity index (χ1n) is 4.29. The van der Waals surface area contributed by atoms with Crippen LogP contribution in [0.3, 0.4) is 0 Å². The lowest BCUT2D eigenvalue weighted by molar-refractivity contribution is 0.284. The van der Waals surface area contributed by atoms with Crippen molar-refractivity contribution in [1.82, 2.24) is 0 Å². The number of aliphatic hydroxyl groups excluding tert-OH is 1. The van der Waals surface area contributed by atoms with E-state index >= 15 is 0 Å². The van der Waals surface area contributed by atoms with Crippen molar-refractivity contribution in [2.75, 3.05) is 6.61 Å². The van der Waals surface area contributed by atoms with Gasteiger partial charge in [0.05, 0.1) is 0 Å². The SMILES string of the molecule is OCCCCc1ccc(Br)cc1F. The highest BCUT2D eigenvalue weighted by Gasteiger charge is 2.01. The minimum absolute atomic E-state index is 0.174. The first-order chi connectivity index (χ1) is 6.24. The van der Waals surface area contributed by atoms with Crippen molar-refractivity contribution in [3.8, 4) is 0 Å². The molecular formula is C10H12BrFO. The summed E-state index contributed by atoms with van der Waals surface area (Å²) < 4.78 is 13.9. The molecule has 0 radical (unpaired) electrons. The van der Waals surface area contributed by atoms with E-state index in [0.29, 0.717) is 6.42 Å². The second kappa shape index (κ2) is 5.35. The quantitative estimate of drug-likeness (QED) is 0.811. The predicted octanol–water partition coefficient (Wildman–Crippen LogP) is 2.90. The van der Waals surface area contributed by atoms with Gasteiger partial charge in [-0.1, -0.05) is 22.0 Å². The van der Waals surface area contributed by atoms with E-state index in [4.69, 9.17) is 5.11 Å². The van der Waals surface area contributed by atoms with Crippen molar-refractivity contribution in [2.45, 2.75) is 19.3 Å². The molecule has 0 aliphatic rings. The van der Waals surface area contributed by atoms with Crippen molar-refractivity contribution in [3.05, 3.63) is 34.1 Å². The van der Waals surface area contributed by atoms with Crippen LogP contribution in [0.25, 0.3) is 0 Å². The molecule has 72 valence electrons. The molecule has 0 fully saturated rings. The zero-order valence-corrected chi connectivity index (χ0v) is 8.85. The van der Waals surface area contributed by atoms with Gasteiger partial charge in [0.2, 0.25) is 0 Å².